The molecule has 3 aromatic rings. The fraction of sp³-hybridized carbons (Fsp3) is 0.276. The highest BCUT2D eigenvalue weighted by Gasteiger charge is 2.18. The summed E-state index contributed by atoms with van der Waals surface area (Å²) in [7, 11) is 0. The van der Waals surface area contributed by atoms with E-state index in [-0.39, 0.29) is 36.1 Å². The van der Waals surface area contributed by atoms with Crippen molar-refractivity contribution < 1.29 is 23.9 Å². The molecule has 3 aromatic carbocycles. The van der Waals surface area contributed by atoms with Gasteiger partial charge in [0, 0.05) is 43.7 Å². The van der Waals surface area contributed by atoms with Crippen LogP contribution in [0.2, 0.25) is 0 Å². The van der Waals surface area contributed by atoms with Gasteiger partial charge in [0.05, 0.1) is 5.56 Å². The molecule has 4 rings (SSSR count). The van der Waals surface area contributed by atoms with E-state index in [2.05, 4.69) is 10.6 Å². The minimum Gasteiger partial charge on any atom is -0.507 e. The van der Waals surface area contributed by atoms with Gasteiger partial charge in [0.2, 0.25) is 5.91 Å². The van der Waals surface area contributed by atoms with Crippen LogP contribution in [-0.2, 0) is 11.2 Å². The molecular formula is C29H30FN3O4. The first kappa shape index (κ1) is 25.9. The Morgan fingerprint density at radius 1 is 0.838 bits per heavy atom. The number of nitrogens with one attached hydrogen (secondary N) is 2. The van der Waals surface area contributed by atoms with Crippen molar-refractivity contribution in [3.05, 3.63) is 89.2 Å². The molecule has 0 atom stereocenters. The van der Waals surface area contributed by atoms with Crippen LogP contribution >= 0.6 is 0 Å². The van der Waals surface area contributed by atoms with Gasteiger partial charge in [0.15, 0.2) is 0 Å². The summed E-state index contributed by atoms with van der Waals surface area (Å²) >= 11 is 0. The molecule has 8 heteroatoms. The maximum Gasteiger partial charge on any atom is 0.254 e. The lowest BCUT2D eigenvalue weighted by Gasteiger charge is -2.23. The zero-order chi connectivity index (χ0) is 26.2. The Bertz CT molecular complexity index is 1280. The Labute approximate surface area is 215 Å². The molecule has 37 heavy (non-hydrogen) atoms. The van der Waals surface area contributed by atoms with Crippen LogP contribution in [0.5, 0.6) is 5.75 Å². The summed E-state index contributed by atoms with van der Waals surface area (Å²) in [6.07, 6.45) is 1.77. The van der Waals surface area contributed by atoms with Gasteiger partial charge in [-0.15, -0.1) is 0 Å². The lowest BCUT2D eigenvalue weighted by molar-refractivity contribution is -0.121. The number of carbonyl (C=O) groups is 3. The van der Waals surface area contributed by atoms with Gasteiger partial charge >= 0.3 is 0 Å². The van der Waals surface area contributed by atoms with E-state index in [4.69, 9.17) is 0 Å². The van der Waals surface area contributed by atoms with Crippen molar-refractivity contribution in [2.24, 2.45) is 0 Å². The van der Waals surface area contributed by atoms with E-state index in [0.717, 1.165) is 5.56 Å². The van der Waals surface area contributed by atoms with Gasteiger partial charge in [-0.05, 0) is 66.8 Å². The van der Waals surface area contributed by atoms with E-state index in [1.165, 1.54) is 18.2 Å². The maximum absolute atomic E-state index is 14.5. The van der Waals surface area contributed by atoms with Crippen molar-refractivity contribution in [2.45, 2.75) is 25.7 Å². The van der Waals surface area contributed by atoms with Crippen LogP contribution in [0.1, 0.15) is 45.5 Å². The maximum atomic E-state index is 14.5. The molecule has 7 nitrogen and oxygen atoms in total. The lowest BCUT2D eigenvalue weighted by Crippen LogP contribution is -2.36. The molecule has 0 aromatic heterocycles. The fourth-order valence-corrected chi connectivity index (χ4v) is 4.35. The summed E-state index contributed by atoms with van der Waals surface area (Å²) < 4.78 is 14.5. The number of amides is 3. The van der Waals surface area contributed by atoms with Crippen molar-refractivity contribution in [1.29, 1.82) is 0 Å². The number of fused-ring (bicyclic) bond motifs is 5. The van der Waals surface area contributed by atoms with Crippen molar-refractivity contribution in [1.82, 2.24) is 15.5 Å². The number of aromatic hydroxyl groups is 1. The van der Waals surface area contributed by atoms with Crippen LogP contribution in [0.3, 0.4) is 0 Å². The number of halogens is 1. The number of hydrogen-bond donors (Lipinski definition) is 3. The first-order valence-electron chi connectivity index (χ1n) is 12.4. The van der Waals surface area contributed by atoms with E-state index in [0.29, 0.717) is 55.6 Å². The smallest absolute Gasteiger partial charge is 0.254 e. The second-order valence-corrected chi connectivity index (χ2v) is 9.02. The van der Waals surface area contributed by atoms with E-state index < -0.39 is 11.7 Å². The van der Waals surface area contributed by atoms with Gasteiger partial charge in [0.1, 0.15) is 11.6 Å². The van der Waals surface area contributed by atoms with Crippen LogP contribution < -0.4 is 10.6 Å². The standard InChI is InChI=1S/C29H30FN3O4/c30-25-11-10-22-19-24(25)28(36)32-14-5-17-33(29(37)21-6-2-1-3-7-21)16-4-8-27(35)31-15-13-20-9-12-26(34)23(22)18-20/h1-3,6-7,9-12,18-19,34H,4-5,8,13-17H2,(H,31,35)(H,32,36). The molecule has 192 valence electrons. The van der Waals surface area contributed by atoms with Crippen molar-refractivity contribution in [3.8, 4) is 16.9 Å². The van der Waals surface area contributed by atoms with Crippen molar-refractivity contribution in [3.63, 3.8) is 0 Å². The molecular weight excluding hydrogens is 473 g/mol. The number of rotatable bonds is 1. The first-order chi connectivity index (χ1) is 17.9. The minimum atomic E-state index is -0.661. The predicted octanol–water partition coefficient (Wildman–Crippen LogP) is 3.91. The molecule has 3 N–H and O–H groups in total. The third-order valence-corrected chi connectivity index (χ3v) is 6.35. The average molecular weight is 504 g/mol. The van der Waals surface area contributed by atoms with Crippen LogP contribution in [-0.4, -0.2) is 53.9 Å². The highest BCUT2D eigenvalue weighted by molar-refractivity contribution is 5.96. The molecule has 1 heterocycles. The molecule has 0 unspecified atom stereocenters. The molecule has 3 amide bonds. The Morgan fingerprint density at radius 3 is 2.43 bits per heavy atom. The van der Waals surface area contributed by atoms with Crippen LogP contribution in [0.4, 0.5) is 4.39 Å². The number of benzene rings is 3. The van der Waals surface area contributed by atoms with Crippen molar-refractivity contribution in [2.75, 3.05) is 26.2 Å². The molecule has 0 fully saturated rings. The summed E-state index contributed by atoms with van der Waals surface area (Å²) in [5.74, 6) is -1.45. The third-order valence-electron chi connectivity index (χ3n) is 6.35. The van der Waals surface area contributed by atoms with Gasteiger partial charge in [-0.1, -0.05) is 30.3 Å². The molecule has 1 aliphatic rings. The highest BCUT2D eigenvalue weighted by Crippen LogP contribution is 2.31. The van der Waals surface area contributed by atoms with Gasteiger partial charge in [-0.2, -0.15) is 0 Å². The fourth-order valence-electron chi connectivity index (χ4n) is 4.35. The van der Waals surface area contributed by atoms with Gasteiger partial charge in [-0.3, -0.25) is 14.4 Å². The summed E-state index contributed by atoms with van der Waals surface area (Å²) in [5.41, 5.74) is 2.29. The topological polar surface area (TPSA) is 98.7 Å². The zero-order valence-corrected chi connectivity index (χ0v) is 20.5. The van der Waals surface area contributed by atoms with Crippen LogP contribution in [0.25, 0.3) is 11.1 Å². The van der Waals surface area contributed by atoms with Crippen LogP contribution in [0, 0.1) is 5.82 Å². The number of nitrogens with zero attached hydrogens (tertiary/aromatic N) is 1. The molecule has 0 spiro atoms. The number of phenolic OH excluding ortho intramolecular Hbond substituents is 1. The molecule has 0 aliphatic carbocycles. The number of phenols is 1. The Hall–Kier alpha value is -4.20. The predicted molar refractivity (Wildman–Crippen MR) is 139 cm³/mol. The number of carbonyl (C=O) groups excluding carboxylic acids is 3. The Morgan fingerprint density at radius 2 is 1.62 bits per heavy atom. The third kappa shape index (κ3) is 6.73. The summed E-state index contributed by atoms with van der Waals surface area (Å²) in [6.45, 7) is 1.42. The SMILES string of the molecule is O=C1CCCN(C(=O)c2ccccc2)CCCNC(=O)c2cc(ccc2F)-c2cc(ccc2O)CCN1. The summed E-state index contributed by atoms with van der Waals surface area (Å²) in [4.78, 5) is 39.9. The second-order valence-electron chi connectivity index (χ2n) is 9.02. The van der Waals surface area contributed by atoms with Gasteiger partial charge in [-0.25, -0.2) is 4.39 Å². The van der Waals surface area contributed by atoms with Crippen molar-refractivity contribution >= 4 is 17.7 Å². The van der Waals surface area contributed by atoms with E-state index in [1.54, 1.807) is 47.4 Å². The Balaban J connectivity index is 1.56. The Kier molecular flexibility index (Phi) is 8.51. The second kappa shape index (κ2) is 12.2. The highest BCUT2D eigenvalue weighted by atomic mass is 19.1. The molecule has 4 bridgehead atoms. The molecule has 0 saturated heterocycles. The van der Waals surface area contributed by atoms with E-state index >= 15 is 0 Å². The first-order valence-corrected chi connectivity index (χ1v) is 12.4. The van der Waals surface area contributed by atoms with Crippen LogP contribution in [0.15, 0.2) is 66.7 Å². The van der Waals surface area contributed by atoms with E-state index in [9.17, 15) is 23.9 Å². The largest absolute Gasteiger partial charge is 0.507 e. The summed E-state index contributed by atoms with van der Waals surface area (Å²) in [5, 5.41) is 16.0. The molecule has 0 saturated carbocycles. The average Bonchev–Trinajstić information content (AvgIpc) is 2.91. The monoisotopic (exact) mass is 503 g/mol. The summed E-state index contributed by atoms with van der Waals surface area (Å²) in [6, 6.07) is 18.1. The van der Waals surface area contributed by atoms with Gasteiger partial charge in [0.25, 0.3) is 11.8 Å². The van der Waals surface area contributed by atoms with E-state index in [1.807, 2.05) is 6.07 Å². The molecule has 1 aliphatic heterocycles. The molecule has 0 radical (unpaired) electrons. The normalized spacial score (nSPS) is 15.5. The lowest BCUT2D eigenvalue weighted by atomic mass is 9.98. The number of hydrogen-bond acceptors (Lipinski definition) is 4. The minimum absolute atomic E-state index is 0.0137. The van der Waals surface area contributed by atoms with Gasteiger partial charge < -0.3 is 20.6 Å². The zero-order valence-electron chi connectivity index (χ0n) is 20.5. The quantitative estimate of drug-likeness (QED) is 0.469.